The molecule has 0 radical (unpaired) electrons. The second-order valence-corrected chi connectivity index (χ2v) is 11.8. The molecular formula is C25H35FNO3PS. The maximum atomic E-state index is 14.5. The number of hydrogen-bond acceptors (Lipinski definition) is 3. The summed E-state index contributed by atoms with van der Waals surface area (Å²) in [6.45, 7) is 0.984. The number of unbranched alkanes of at least 4 members (excludes halogenated alkanes) is 1. The maximum absolute atomic E-state index is 14.5. The first-order valence-electron chi connectivity index (χ1n) is 11.6. The molecule has 7 heteroatoms. The molecule has 0 amide bonds. The third-order valence-corrected chi connectivity index (χ3v) is 8.42. The van der Waals surface area contributed by atoms with E-state index in [1.807, 2.05) is 12.1 Å². The summed E-state index contributed by atoms with van der Waals surface area (Å²) in [4.78, 5) is 18.4. The van der Waals surface area contributed by atoms with Crippen molar-refractivity contribution in [2.75, 3.05) is 18.5 Å². The third kappa shape index (κ3) is 8.00. The molecule has 0 unspecified atom stereocenters. The summed E-state index contributed by atoms with van der Waals surface area (Å²) in [5.74, 6) is 0.725. The van der Waals surface area contributed by atoms with E-state index in [4.69, 9.17) is 9.79 Å². The third-order valence-electron chi connectivity index (χ3n) is 6.38. The molecule has 1 aliphatic carbocycles. The van der Waals surface area contributed by atoms with Crippen molar-refractivity contribution in [3.63, 3.8) is 0 Å². The molecule has 0 aliphatic heterocycles. The molecule has 32 heavy (non-hydrogen) atoms. The normalized spacial score (nSPS) is 15.8. The van der Waals surface area contributed by atoms with Gasteiger partial charge in [0.2, 0.25) is 0 Å². The Morgan fingerprint density at radius 1 is 1.03 bits per heavy atom. The summed E-state index contributed by atoms with van der Waals surface area (Å²) >= 11 is 1.59. The minimum atomic E-state index is -3.94. The van der Waals surface area contributed by atoms with Crippen LogP contribution in [-0.4, -0.2) is 28.2 Å². The Hall–Kier alpha value is -1.17. The molecule has 1 fully saturated rings. The second kappa shape index (κ2) is 12.3. The van der Waals surface area contributed by atoms with Crippen LogP contribution in [0.2, 0.25) is 0 Å². The summed E-state index contributed by atoms with van der Waals surface area (Å²) in [5, 5.41) is 3.11. The molecule has 0 spiro atoms. The van der Waals surface area contributed by atoms with Crippen LogP contribution in [0.15, 0.2) is 53.4 Å². The Kier molecular flexibility index (Phi) is 9.81. The molecule has 1 saturated carbocycles. The predicted octanol–water partition coefficient (Wildman–Crippen LogP) is 6.26. The minimum absolute atomic E-state index is 0.129. The molecule has 1 aliphatic rings. The van der Waals surface area contributed by atoms with E-state index < -0.39 is 7.60 Å². The van der Waals surface area contributed by atoms with Crippen LogP contribution in [0.3, 0.4) is 0 Å². The summed E-state index contributed by atoms with van der Waals surface area (Å²) < 4.78 is 25.3. The lowest BCUT2D eigenvalue weighted by atomic mass is 9.75. The second-order valence-electron chi connectivity index (χ2n) is 8.84. The van der Waals surface area contributed by atoms with Gasteiger partial charge in [-0.25, -0.2) is 4.39 Å². The zero-order valence-electron chi connectivity index (χ0n) is 18.6. The van der Waals surface area contributed by atoms with Crippen LogP contribution in [0.25, 0.3) is 0 Å². The number of nitrogens with one attached hydrogen (secondary N) is 1. The van der Waals surface area contributed by atoms with Crippen LogP contribution in [0.5, 0.6) is 0 Å². The SMILES string of the molecule is O=P(O)(O)CCCNCc1ccc(SCCCCC2(c3ccccc3)CCCC2)c(F)c1. The Balaban J connectivity index is 1.38. The molecule has 0 aromatic heterocycles. The van der Waals surface area contributed by atoms with E-state index in [-0.39, 0.29) is 12.0 Å². The molecule has 0 bridgehead atoms. The van der Waals surface area contributed by atoms with Gasteiger partial charge in [0, 0.05) is 11.4 Å². The molecule has 0 heterocycles. The topological polar surface area (TPSA) is 69.6 Å². The highest BCUT2D eigenvalue weighted by molar-refractivity contribution is 7.99. The Bertz CT molecular complexity index is 884. The maximum Gasteiger partial charge on any atom is 0.325 e. The fourth-order valence-corrected chi connectivity index (χ4v) is 6.19. The van der Waals surface area contributed by atoms with Gasteiger partial charge >= 0.3 is 7.60 Å². The van der Waals surface area contributed by atoms with E-state index in [1.54, 1.807) is 17.8 Å². The average molecular weight is 480 g/mol. The van der Waals surface area contributed by atoms with Crippen molar-refractivity contribution in [2.45, 2.75) is 68.2 Å². The quantitative estimate of drug-likeness (QED) is 0.180. The van der Waals surface area contributed by atoms with Crippen molar-refractivity contribution in [2.24, 2.45) is 0 Å². The fourth-order valence-electron chi connectivity index (χ4n) is 4.69. The number of rotatable bonds is 13. The van der Waals surface area contributed by atoms with Crippen LogP contribution < -0.4 is 5.32 Å². The highest BCUT2D eigenvalue weighted by Gasteiger charge is 2.34. The molecular weight excluding hydrogens is 444 g/mol. The van der Waals surface area contributed by atoms with Gasteiger partial charge in [0.25, 0.3) is 0 Å². The average Bonchev–Trinajstić information content (AvgIpc) is 3.24. The highest BCUT2D eigenvalue weighted by atomic mass is 32.2. The Morgan fingerprint density at radius 2 is 1.78 bits per heavy atom. The van der Waals surface area contributed by atoms with E-state index >= 15 is 0 Å². The van der Waals surface area contributed by atoms with Gasteiger partial charge in [0.05, 0.1) is 6.16 Å². The number of benzene rings is 2. The predicted molar refractivity (Wildman–Crippen MR) is 131 cm³/mol. The van der Waals surface area contributed by atoms with Crippen molar-refractivity contribution in [1.82, 2.24) is 5.32 Å². The highest BCUT2D eigenvalue weighted by Crippen LogP contribution is 2.45. The molecule has 3 N–H and O–H groups in total. The number of halogens is 1. The van der Waals surface area contributed by atoms with Crippen LogP contribution in [-0.2, 0) is 16.5 Å². The van der Waals surface area contributed by atoms with Crippen molar-refractivity contribution in [3.05, 3.63) is 65.5 Å². The van der Waals surface area contributed by atoms with Gasteiger partial charge < -0.3 is 15.1 Å². The van der Waals surface area contributed by atoms with E-state index in [2.05, 4.69) is 35.6 Å². The molecule has 2 aromatic carbocycles. The zero-order valence-corrected chi connectivity index (χ0v) is 20.4. The molecule has 0 atom stereocenters. The van der Waals surface area contributed by atoms with Crippen LogP contribution in [0.4, 0.5) is 4.39 Å². The van der Waals surface area contributed by atoms with Crippen molar-refractivity contribution >= 4 is 19.4 Å². The molecule has 3 rings (SSSR count). The smallest absolute Gasteiger partial charge is 0.324 e. The van der Waals surface area contributed by atoms with Crippen LogP contribution in [0.1, 0.15) is 62.5 Å². The van der Waals surface area contributed by atoms with E-state index in [9.17, 15) is 8.96 Å². The van der Waals surface area contributed by atoms with Gasteiger partial charge in [-0.1, -0.05) is 55.7 Å². The van der Waals surface area contributed by atoms with Crippen LogP contribution >= 0.6 is 19.4 Å². The summed E-state index contributed by atoms with van der Waals surface area (Å²) in [6, 6.07) is 16.3. The van der Waals surface area contributed by atoms with Gasteiger partial charge in [-0.15, -0.1) is 11.8 Å². The number of thioether (sulfide) groups is 1. The first-order valence-corrected chi connectivity index (χ1v) is 14.4. The molecule has 176 valence electrons. The van der Waals surface area contributed by atoms with Crippen molar-refractivity contribution in [1.29, 1.82) is 0 Å². The lowest BCUT2D eigenvalue weighted by Gasteiger charge is -2.30. The van der Waals surface area contributed by atoms with Crippen molar-refractivity contribution < 1.29 is 18.7 Å². The zero-order chi connectivity index (χ0) is 22.9. The molecule has 4 nitrogen and oxygen atoms in total. The molecule has 0 saturated heterocycles. The summed E-state index contributed by atoms with van der Waals surface area (Å²) in [6.07, 6.45) is 8.94. The van der Waals surface area contributed by atoms with Crippen molar-refractivity contribution in [3.8, 4) is 0 Å². The van der Waals surface area contributed by atoms with E-state index in [1.165, 1.54) is 44.1 Å². The first-order chi connectivity index (χ1) is 15.4. The minimum Gasteiger partial charge on any atom is -0.324 e. The van der Waals surface area contributed by atoms with Gasteiger partial charge in [-0.3, -0.25) is 4.57 Å². The Morgan fingerprint density at radius 3 is 2.47 bits per heavy atom. The summed E-state index contributed by atoms with van der Waals surface area (Å²) in [7, 11) is -3.94. The lowest BCUT2D eigenvalue weighted by Crippen LogP contribution is -2.21. The van der Waals surface area contributed by atoms with Gasteiger partial charge in [-0.05, 0) is 73.1 Å². The Labute approximate surface area is 195 Å². The fraction of sp³-hybridized carbons (Fsp3) is 0.520. The summed E-state index contributed by atoms with van der Waals surface area (Å²) in [5.41, 5.74) is 2.67. The monoisotopic (exact) mass is 479 g/mol. The number of hydrogen-bond donors (Lipinski definition) is 3. The largest absolute Gasteiger partial charge is 0.325 e. The van der Waals surface area contributed by atoms with Crippen LogP contribution in [0, 0.1) is 5.82 Å². The van der Waals surface area contributed by atoms with Gasteiger partial charge in [-0.2, -0.15) is 0 Å². The lowest BCUT2D eigenvalue weighted by molar-refractivity contribution is 0.371. The van der Waals surface area contributed by atoms with Gasteiger partial charge in [0.15, 0.2) is 0 Å². The van der Waals surface area contributed by atoms with E-state index in [0.717, 1.165) is 17.7 Å². The van der Waals surface area contributed by atoms with E-state index in [0.29, 0.717) is 29.8 Å². The standard InChI is InChI=1S/C25H35FNO3PS/c26-23-19-21(20-27-16-8-17-31(28,29)30)11-12-24(23)32-18-7-6-15-25(13-4-5-14-25)22-9-2-1-3-10-22/h1-3,9-12,19,27H,4-8,13-18,20H2,(H2,28,29,30). The first kappa shape index (κ1) is 25.5. The molecule has 2 aromatic rings. The van der Waals surface area contributed by atoms with Gasteiger partial charge in [0.1, 0.15) is 5.82 Å².